The Bertz CT molecular complexity index is 756. The molecule has 2 aromatic rings. The molecule has 0 N–H and O–H groups in total. The van der Waals surface area contributed by atoms with E-state index < -0.39 is 0 Å². The van der Waals surface area contributed by atoms with Crippen LogP contribution in [0.2, 0.25) is 0 Å². The van der Waals surface area contributed by atoms with Crippen LogP contribution in [0.25, 0.3) is 0 Å². The molecule has 1 aromatic heterocycles. The summed E-state index contributed by atoms with van der Waals surface area (Å²) in [6.07, 6.45) is 1.28. The molecule has 1 aliphatic heterocycles. The van der Waals surface area contributed by atoms with Gasteiger partial charge in [0.15, 0.2) is 0 Å². The molecule has 3 rings (SSSR count). The summed E-state index contributed by atoms with van der Waals surface area (Å²) in [7, 11) is 1.68. The maximum absolute atomic E-state index is 12.6. The molecule has 1 amide bonds. The van der Waals surface area contributed by atoms with Gasteiger partial charge in [-0.25, -0.2) is 4.98 Å². The molecule has 0 saturated carbocycles. The molecule has 0 bridgehead atoms. The second-order valence-corrected chi connectivity index (χ2v) is 8.88. The molecule has 0 atom stereocenters. The van der Waals surface area contributed by atoms with Crippen molar-refractivity contribution in [3.63, 3.8) is 0 Å². The predicted molar refractivity (Wildman–Crippen MR) is 111 cm³/mol. The number of hydrogen-bond acceptors (Lipinski definition) is 5. The fraction of sp³-hybridized carbons (Fsp3) is 0.524. The summed E-state index contributed by atoms with van der Waals surface area (Å²) >= 11 is 1.67. The fourth-order valence-corrected chi connectivity index (χ4v) is 4.17. The monoisotopic (exact) mass is 387 g/mol. The Hall–Kier alpha value is -2.08. The van der Waals surface area contributed by atoms with Gasteiger partial charge in [-0.2, -0.15) is 0 Å². The number of piperazine rings is 1. The molecule has 0 unspecified atom stereocenters. The molecule has 146 valence electrons. The van der Waals surface area contributed by atoms with Gasteiger partial charge in [-0.15, -0.1) is 11.3 Å². The minimum absolute atomic E-state index is 0.0660. The molecule has 27 heavy (non-hydrogen) atoms. The van der Waals surface area contributed by atoms with E-state index in [0.717, 1.165) is 49.1 Å². The number of benzene rings is 1. The zero-order valence-electron chi connectivity index (χ0n) is 16.7. The molecule has 0 spiro atoms. The number of hydrogen-bond donors (Lipinski definition) is 0. The van der Waals surface area contributed by atoms with E-state index in [0.29, 0.717) is 6.42 Å². The maximum atomic E-state index is 12.6. The van der Waals surface area contributed by atoms with E-state index in [1.807, 2.05) is 17.0 Å². The van der Waals surface area contributed by atoms with Gasteiger partial charge >= 0.3 is 0 Å². The standard InChI is InChI=1S/C21H29N3O2S/c1-21(2,3)18-15-27-19(22-18)9-10-20(25)24-13-11-23(12-14-24)16-5-7-17(26-4)8-6-16/h5-8,15H,9-14H2,1-4H3. The molecular weight excluding hydrogens is 358 g/mol. The molecule has 0 aliphatic carbocycles. The third-order valence-corrected chi connectivity index (χ3v) is 5.85. The summed E-state index contributed by atoms with van der Waals surface area (Å²) in [4.78, 5) is 21.6. The summed E-state index contributed by atoms with van der Waals surface area (Å²) < 4.78 is 5.21. The van der Waals surface area contributed by atoms with Crippen molar-refractivity contribution in [2.75, 3.05) is 38.2 Å². The quantitative estimate of drug-likeness (QED) is 0.784. The van der Waals surface area contributed by atoms with Crippen LogP contribution in [0.1, 0.15) is 37.9 Å². The third kappa shape index (κ3) is 5.01. The Labute approximate surface area is 166 Å². The molecule has 6 heteroatoms. The lowest BCUT2D eigenvalue weighted by Gasteiger charge is -2.36. The van der Waals surface area contributed by atoms with Gasteiger partial charge in [0.05, 0.1) is 17.8 Å². The number of nitrogens with zero attached hydrogens (tertiary/aromatic N) is 3. The van der Waals surface area contributed by atoms with E-state index in [2.05, 4.69) is 43.2 Å². The fourth-order valence-electron chi connectivity index (χ4n) is 3.15. The Morgan fingerprint density at radius 3 is 2.37 bits per heavy atom. The summed E-state index contributed by atoms with van der Waals surface area (Å²) in [6, 6.07) is 8.11. The van der Waals surface area contributed by atoms with E-state index >= 15 is 0 Å². The van der Waals surface area contributed by atoms with Crippen LogP contribution in [0.15, 0.2) is 29.6 Å². The normalized spacial score (nSPS) is 15.1. The van der Waals surface area contributed by atoms with Crippen molar-refractivity contribution in [1.82, 2.24) is 9.88 Å². The molecule has 1 aromatic carbocycles. The first-order chi connectivity index (χ1) is 12.9. The van der Waals surface area contributed by atoms with Gasteiger partial charge < -0.3 is 14.5 Å². The molecule has 0 radical (unpaired) electrons. The van der Waals surface area contributed by atoms with Crippen LogP contribution in [0.5, 0.6) is 5.75 Å². The first-order valence-electron chi connectivity index (χ1n) is 9.48. The van der Waals surface area contributed by atoms with Gasteiger partial charge in [0, 0.05) is 55.5 Å². The van der Waals surface area contributed by atoms with Crippen molar-refractivity contribution in [2.45, 2.75) is 39.0 Å². The van der Waals surface area contributed by atoms with E-state index in [-0.39, 0.29) is 11.3 Å². The number of anilines is 1. The van der Waals surface area contributed by atoms with Crippen LogP contribution in [0, 0.1) is 0 Å². The lowest BCUT2D eigenvalue weighted by molar-refractivity contribution is -0.131. The summed E-state index contributed by atoms with van der Waals surface area (Å²) in [5.41, 5.74) is 2.36. The van der Waals surface area contributed by atoms with Crippen LogP contribution in [0.3, 0.4) is 0 Å². The summed E-state index contributed by atoms with van der Waals surface area (Å²) in [6.45, 7) is 9.77. The van der Waals surface area contributed by atoms with Crippen LogP contribution in [-0.4, -0.2) is 49.1 Å². The second kappa shape index (κ2) is 8.30. The number of carbonyl (C=O) groups is 1. The number of rotatable bonds is 5. The van der Waals surface area contributed by atoms with Gasteiger partial charge in [-0.1, -0.05) is 20.8 Å². The zero-order valence-corrected chi connectivity index (χ0v) is 17.5. The molecule has 2 heterocycles. The van der Waals surface area contributed by atoms with E-state index in [1.165, 1.54) is 5.69 Å². The van der Waals surface area contributed by atoms with Gasteiger partial charge in [0.1, 0.15) is 5.75 Å². The predicted octanol–water partition coefficient (Wildman–Crippen LogP) is 3.73. The lowest BCUT2D eigenvalue weighted by atomic mass is 9.93. The van der Waals surface area contributed by atoms with Crippen molar-refractivity contribution in [3.05, 3.63) is 40.3 Å². The molecule has 5 nitrogen and oxygen atoms in total. The van der Waals surface area contributed by atoms with Gasteiger partial charge in [-0.05, 0) is 24.3 Å². The van der Waals surface area contributed by atoms with Crippen LogP contribution < -0.4 is 9.64 Å². The highest BCUT2D eigenvalue weighted by atomic mass is 32.1. The van der Waals surface area contributed by atoms with E-state index in [4.69, 9.17) is 9.72 Å². The van der Waals surface area contributed by atoms with Crippen molar-refractivity contribution < 1.29 is 9.53 Å². The van der Waals surface area contributed by atoms with Crippen LogP contribution >= 0.6 is 11.3 Å². The average Bonchev–Trinajstić information content (AvgIpc) is 3.16. The molecule has 1 fully saturated rings. The van der Waals surface area contributed by atoms with E-state index in [9.17, 15) is 4.79 Å². The zero-order chi connectivity index (χ0) is 19.4. The topological polar surface area (TPSA) is 45.7 Å². The Balaban J connectivity index is 1.47. The smallest absolute Gasteiger partial charge is 0.223 e. The first kappa shape index (κ1) is 19.7. The van der Waals surface area contributed by atoms with Gasteiger partial charge in [0.25, 0.3) is 0 Å². The van der Waals surface area contributed by atoms with Crippen LogP contribution in [0.4, 0.5) is 5.69 Å². The number of thiazole rings is 1. The number of ether oxygens (including phenoxy) is 1. The third-order valence-electron chi connectivity index (χ3n) is 4.94. The molecular formula is C21H29N3O2S. The highest BCUT2D eigenvalue weighted by molar-refractivity contribution is 7.09. The van der Waals surface area contributed by atoms with Crippen molar-refractivity contribution in [3.8, 4) is 5.75 Å². The number of amides is 1. The highest BCUT2D eigenvalue weighted by Gasteiger charge is 2.22. The second-order valence-electron chi connectivity index (χ2n) is 7.94. The Morgan fingerprint density at radius 2 is 1.81 bits per heavy atom. The number of methoxy groups -OCH3 is 1. The summed E-state index contributed by atoms with van der Waals surface area (Å²) in [5.74, 6) is 1.10. The largest absolute Gasteiger partial charge is 0.497 e. The first-order valence-corrected chi connectivity index (χ1v) is 10.4. The summed E-state index contributed by atoms with van der Waals surface area (Å²) in [5, 5.41) is 3.18. The average molecular weight is 388 g/mol. The van der Waals surface area contributed by atoms with Crippen LogP contribution in [-0.2, 0) is 16.6 Å². The molecule has 1 aliphatic rings. The lowest BCUT2D eigenvalue weighted by Crippen LogP contribution is -2.48. The maximum Gasteiger partial charge on any atom is 0.223 e. The minimum Gasteiger partial charge on any atom is -0.497 e. The number of aromatic nitrogens is 1. The number of carbonyl (C=O) groups excluding carboxylic acids is 1. The van der Waals surface area contributed by atoms with Gasteiger partial charge in [0.2, 0.25) is 5.91 Å². The SMILES string of the molecule is COc1ccc(N2CCN(C(=O)CCc3nc(C(C)(C)C)cs3)CC2)cc1. The van der Waals surface area contributed by atoms with Crippen molar-refractivity contribution in [1.29, 1.82) is 0 Å². The number of aryl methyl sites for hydroxylation is 1. The minimum atomic E-state index is 0.0660. The van der Waals surface area contributed by atoms with Gasteiger partial charge in [-0.3, -0.25) is 4.79 Å². The van der Waals surface area contributed by atoms with Crippen molar-refractivity contribution in [2.24, 2.45) is 0 Å². The van der Waals surface area contributed by atoms with Crippen molar-refractivity contribution >= 4 is 22.9 Å². The molecule has 1 saturated heterocycles. The Kier molecular flexibility index (Phi) is 6.05. The highest BCUT2D eigenvalue weighted by Crippen LogP contribution is 2.25. The Morgan fingerprint density at radius 1 is 1.15 bits per heavy atom. The van der Waals surface area contributed by atoms with E-state index in [1.54, 1.807) is 18.4 Å².